The van der Waals surface area contributed by atoms with E-state index in [4.69, 9.17) is 26.7 Å². The molecular weight excluding hydrogens is 551 g/mol. The molecule has 8 N–H and O–H groups in total. The maximum atomic E-state index is 13.4. The van der Waals surface area contributed by atoms with Gasteiger partial charge in [0.1, 0.15) is 23.9 Å². The lowest BCUT2D eigenvalue weighted by Gasteiger charge is -2.16. The van der Waals surface area contributed by atoms with Crippen molar-refractivity contribution in [1.29, 1.82) is 0 Å². The molecule has 1 atom stereocenters. The summed E-state index contributed by atoms with van der Waals surface area (Å²) in [5, 5.41) is 5.67. The van der Waals surface area contributed by atoms with Crippen LogP contribution in [-0.2, 0) is 24.4 Å². The van der Waals surface area contributed by atoms with Crippen molar-refractivity contribution in [3.8, 4) is 11.5 Å². The number of ether oxygens (including phenoxy) is 2. The highest BCUT2D eigenvalue weighted by atomic mass is 19.1. The number of nitrogens with zero attached hydrogens (tertiary/aromatic N) is 1. The molecule has 2 amide bonds. The van der Waals surface area contributed by atoms with Crippen LogP contribution in [0, 0.1) is 5.82 Å². The maximum absolute atomic E-state index is 13.4. The Morgan fingerprint density at radius 2 is 1.53 bits per heavy atom. The van der Waals surface area contributed by atoms with Crippen molar-refractivity contribution in [2.75, 3.05) is 12.4 Å². The predicted octanol–water partition coefficient (Wildman–Crippen LogP) is 3.76. The number of aliphatic imine (C=N–C) groups is 1. The summed E-state index contributed by atoms with van der Waals surface area (Å²) in [4.78, 5) is 30.0. The van der Waals surface area contributed by atoms with E-state index in [1.54, 1.807) is 61.7 Å². The van der Waals surface area contributed by atoms with Crippen molar-refractivity contribution in [3.63, 3.8) is 0 Å². The lowest BCUT2D eigenvalue weighted by molar-refractivity contribution is -0.117. The monoisotopic (exact) mass is 584 g/mol. The minimum atomic E-state index is -0.856. The lowest BCUT2D eigenvalue weighted by atomic mass is 10.1. The van der Waals surface area contributed by atoms with E-state index < -0.39 is 11.9 Å². The van der Waals surface area contributed by atoms with Crippen LogP contribution in [0.1, 0.15) is 27.0 Å². The highest BCUT2D eigenvalue weighted by Gasteiger charge is 2.18. The SMILES string of the molecule is COc1ccc(CNC(=O)c2ccc(NC(=O)[C@@H](N)Cc3ccc(N=C(N)N)cc3)cc2OCc2ccc(F)cc2)cc1. The van der Waals surface area contributed by atoms with E-state index in [-0.39, 0.29) is 48.6 Å². The number of nitrogens with two attached hydrogens (primary N) is 3. The highest BCUT2D eigenvalue weighted by Crippen LogP contribution is 2.25. The van der Waals surface area contributed by atoms with Crippen molar-refractivity contribution in [2.24, 2.45) is 22.2 Å². The molecule has 0 aliphatic carbocycles. The van der Waals surface area contributed by atoms with E-state index in [1.807, 2.05) is 24.3 Å². The van der Waals surface area contributed by atoms with Crippen LogP contribution in [0.4, 0.5) is 15.8 Å². The second-order valence-electron chi connectivity index (χ2n) is 9.66. The molecule has 43 heavy (non-hydrogen) atoms. The standard InChI is InChI=1S/C32H33FN6O4/c1-42-26-13-6-21(7-14-26)18-37-30(40)27-15-12-25(17-29(27)43-19-22-2-8-23(33)9-3-22)38-31(41)28(34)16-20-4-10-24(11-5-20)39-32(35)36/h2-15,17,28H,16,18-19,34H2,1H3,(H,37,40)(H,38,41)(H4,35,36,39)/t28-/m0/s1. The molecular formula is C32H33FN6O4. The van der Waals surface area contributed by atoms with Crippen LogP contribution in [-0.4, -0.2) is 30.9 Å². The molecule has 0 fully saturated rings. The number of amides is 2. The van der Waals surface area contributed by atoms with E-state index in [1.165, 1.54) is 12.1 Å². The van der Waals surface area contributed by atoms with Gasteiger partial charge in [0.2, 0.25) is 5.91 Å². The second-order valence-corrected chi connectivity index (χ2v) is 9.66. The summed E-state index contributed by atoms with van der Waals surface area (Å²) in [6, 6.07) is 24.0. The van der Waals surface area contributed by atoms with Gasteiger partial charge in [-0.25, -0.2) is 9.38 Å². The summed E-state index contributed by atoms with van der Waals surface area (Å²) in [5.41, 5.74) is 20.6. The topological polar surface area (TPSA) is 167 Å². The third-order valence-corrected chi connectivity index (χ3v) is 6.40. The molecule has 4 aromatic rings. The van der Waals surface area contributed by atoms with Gasteiger partial charge in [0.25, 0.3) is 5.91 Å². The Labute approximate surface area is 248 Å². The van der Waals surface area contributed by atoms with Crippen LogP contribution in [0.25, 0.3) is 0 Å². The number of hydrogen-bond donors (Lipinski definition) is 5. The Morgan fingerprint density at radius 3 is 2.19 bits per heavy atom. The lowest BCUT2D eigenvalue weighted by Crippen LogP contribution is -2.37. The van der Waals surface area contributed by atoms with Gasteiger partial charge in [-0.15, -0.1) is 0 Å². The van der Waals surface area contributed by atoms with Gasteiger partial charge < -0.3 is 37.3 Å². The number of nitrogens with one attached hydrogen (secondary N) is 2. The molecule has 0 saturated carbocycles. The van der Waals surface area contributed by atoms with Gasteiger partial charge in [-0.2, -0.15) is 0 Å². The summed E-state index contributed by atoms with van der Waals surface area (Å²) in [7, 11) is 1.58. The maximum Gasteiger partial charge on any atom is 0.255 e. The number of anilines is 1. The third kappa shape index (κ3) is 9.03. The fourth-order valence-corrected chi connectivity index (χ4v) is 4.11. The number of hydrogen-bond acceptors (Lipinski definition) is 6. The normalized spacial score (nSPS) is 11.2. The molecule has 0 unspecified atom stereocenters. The Bertz CT molecular complexity index is 1570. The summed E-state index contributed by atoms with van der Waals surface area (Å²) < 4.78 is 24.5. The summed E-state index contributed by atoms with van der Waals surface area (Å²) >= 11 is 0. The largest absolute Gasteiger partial charge is 0.497 e. The van der Waals surface area contributed by atoms with E-state index in [9.17, 15) is 14.0 Å². The summed E-state index contributed by atoms with van der Waals surface area (Å²) in [5.74, 6) is -0.264. The van der Waals surface area contributed by atoms with Crippen LogP contribution >= 0.6 is 0 Å². The zero-order valence-corrected chi connectivity index (χ0v) is 23.5. The Morgan fingerprint density at radius 1 is 0.884 bits per heavy atom. The van der Waals surface area contributed by atoms with Gasteiger partial charge in [0, 0.05) is 18.3 Å². The molecule has 0 radical (unpaired) electrons. The molecule has 0 spiro atoms. The Hall–Kier alpha value is -5.42. The van der Waals surface area contributed by atoms with Gasteiger partial charge in [-0.3, -0.25) is 9.59 Å². The number of halogens is 1. The fourth-order valence-electron chi connectivity index (χ4n) is 4.11. The first kappa shape index (κ1) is 30.5. The number of carbonyl (C=O) groups excluding carboxylic acids is 2. The third-order valence-electron chi connectivity index (χ3n) is 6.40. The minimum absolute atomic E-state index is 0.0504. The zero-order valence-electron chi connectivity index (χ0n) is 23.5. The average molecular weight is 585 g/mol. The molecule has 0 aliphatic heterocycles. The molecule has 0 saturated heterocycles. The van der Waals surface area contributed by atoms with Gasteiger partial charge in [0.15, 0.2) is 5.96 Å². The van der Waals surface area contributed by atoms with Crippen LogP contribution in [0.3, 0.4) is 0 Å². The van der Waals surface area contributed by atoms with E-state index in [2.05, 4.69) is 15.6 Å². The van der Waals surface area contributed by atoms with Crippen molar-refractivity contribution >= 4 is 29.1 Å². The molecule has 0 aliphatic rings. The zero-order chi connectivity index (χ0) is 30.8. The molecule has 0 aromatic heterocycles. The fraction of sp³-hybridized carbons (Fsp3) is 0.156. The summed E-state index contributed by atoms with van der Waals surface area (Å²) in [6.07, 6.45) is 0.272. The van der Waals surface area contributed by atoms with Crippen molar-refractivity contribution < 1.29 is 23.5 Å². The van der Waals surface area contributed by atoms with E-state index >= 15 is 0 Å². The van der Waals surface area contributed by atoms with E-state index in [0.717, 1.165) is 11.1 Å². The molecule has 4 aromatic carbocycles. The predicted molar refractivity (Wildman–Crippen MR) is 164 cm³/mol. The first-order chi connectivity index (χ1) is 20.7. The van der Waals surface area contributed by atoms with Gasteiger partial charge in [-0.1, -0.05) is 36.4 Å². The van der Waals surface area contributed by atoms with Gasteiger partial charge >= 0.3 is 0 Å². The molecule has 222 valence electrons. The van der Waals surface area contributed by atoms with Gasteiger partial charge in [-0.05, 0) is 71.6 Å². The first-order valence-electron chi connectivity index (χ1n) is 13.4. The Balaban J connectivity index is 1.46. The van der Waals surface area contributed by atoms with Crippen LogP contribution < -0.4 is 37.3 Å². The van der Waals surface area contributed by atoms with Crippen molar-refractivity contribution in [1.82, 2.24) is 5.32 Å². The number of rotatable bonds is 12. The molecule has 0 heterocycles. The number of guanidine groups is 1. The quantitative estimate of drug-likeness (QED) is 0.125. The van der Waals surface area contributed by atoms with Crippen LogP contribution in [0.2, 0.25) is 0 Å². The molecule has 0 bridgehead atoms. The summed E-state index contributed by atoms with van der Waals surface area (Å²) in [6.45, 7) is 0.353. The smallest absolute Gasteiger partial charge is 0.255 e. The molecule has 11 heteroatoms. The number of benzene rings is 4. The van der Waals surface area contributed by atoms with Gasteiger partial charge in [0.05, 0.1) is 24.4 Å². The Kier molecular flexibility index (Phi) is 10.3. The average Bonchev–Trinajstić information content (AvgIpc) is 3.00. The van der Waals surface area contributed by atoms with Crippen molar-refractivity contribution in [3.05, 3.63) is 119 Å². The molecule has 4 rings (SSSR count). The number of carbonyl (C=O) groups is 2. The van der Waals surface area contributed by atoms with Crippen LogP contribution in [0.5, 0.6) is 11.5 Å². The van der Waals surface area contributed by atoms with Crippen molar-refractivity contribution in [2.45, 2.75) is 25.6 Å². The minimum Gasteiger partial charge on any atom is -0.497 e. The molecule has 10 nitrogen and oxygen atoms in total. The number of methoxy groups -OCH3 is 1. The van der Waals surface area contributed by atoms with Crippen LogP contribution in [0.15, 0.2) is 96.0 Å². The van der Waals surface area contributed by atoms with E-state index in [0.29, 0.717) is 22.7 Å². The first-order valence-corrected chi connectivity index (χ1v) is 13.4. The second kappa shape index (κ2) is 14.5. The highest BCUT2D eigenvalue weighted by molar-refractivity contribution is 5.99.